The predicted molar refractivity (Wildman–Crippen MR) is 206 cm³/mol. The maximum absolute atomic E-state index is 13.1. The van der Waals surface area contributed by atoms with Crippen molar-refractivity contribution >= 4 is 33.5 Å². The molecule has 290 valence electrons. The number of aryl methyl sites for hydroxylation is 1. The number of hydrogen-bond acceptors (Lipinski definition) is 12. The molecule has 3 unspecified atom stereocenters. The van der Waals surface area contributed by atoms with Crippen molar-refractivity contribution < 1.29 is 51.9 Å². The molecule has 0 spiro atoms. The van der Waals surface area contributed by atoms with Crippen molar-refractivity contribution in [1.82, 2.24) is 0 Å². The summed E-state index contributed by atoms with van der Waals surface area (Å²) in [6.45, 7) is 5.61. The minimum absolute atomic E-state index is 0.0371. The number of benzene rings is 4. The van der Waals surface area contributed by atoms with E-state index in [0.29, 0.717) is 23.7 Å². The quantitative estimate of drug-likeness (QED) is 0.0721. The number of carbonyl (C=O) groups excluding carboxylic acids is 2. The molecule has 11 nitrogen and oxygen atoms in total. The lowest BCUT2D eigenvalue weighted by Crippen LogP contribution is -2.25. The summed E-state index contributed by atoms with van der Waals surface area (Å²) in [5, 5.41) is 17.8. The number of hydrogen-bond donors (Lipinski definition) is 2. The van der Waals surface area contributed by atoms with Crippen LogP contribution in [0.2, 0.25) is 0 Å². The van der Waals surface area contributed by atoms with Gasteiger partial charge in [-0.15, -0.1) is 11.8 Å². The van der Waals surface area contributed by atoms with Gasteiger partial charge in [-0.3, -0.25) is 9.59 Å². The number of aliphatic hydroxyl groups is 2. The Hall–Kier alpha value is -4.40. The van der Waals surface area contributed by atoms with Gasteiger partial charge in [0, 0.05) is 17.6 Å². The molecule has 0 aliphatic heterocycles. The first-order chi connectivity index (χ1) is 25.8. The van der Waals surface area contributed by atoms with Crippen molar-refractivity contribution in [1.29, 1.82) is 0 Å². The molecular formula is C41H48O11S2. The van der Waals surface area contributed by atoms with Crippen molar-refractivity contribution in [2.45, 2.75) is 60.2 Å². The molecule has 4 aromatic carbocycles. The molecule has 0 aromatic heterocycles. The Morgan fingerprint density at radius 3 is 1.80 bits per heavy atom. The Balaban J connectivity index is 1.31. The van der Waals surface area contributed by atoms with Gasteiger partial charge in [-0.1, -0.05) is 48.9 Å². The number of sulfone groups is 1. The minimum atomic E-state index is -3.66. The third kappa shape index (κ3) is 12.1. The SMILES string of the molecule is COc1ccc(C(C)(CCC(=O)OCCOCCOC(=O)C(C)SCC(O)CO)c2ccc(Oc3ccc(S(=O)(=O)c4ccc(C)cc4)cc3)cc2)cc1. The van der Waals surface area contributed by atoms with Gasteiger partial charge in [0.05, 0.1) is 48.1 Å². The fraction of sp³-hybridized carbons (Fsp3) is 0.366. The molecule has 13 heteroatoms. The van der Waals surface area contributed by atoms with Gasteiger partial charge in [-0.25, -0.2) is 8.42 Å². The zero-order chi connectivity index (χ0) is 39.1. The summed E-state index contributed by atoms with van der Waals surface area (Å²) >= 11 is 1.19. The monoisotopic (exact) mass is 780 g/mol. The van der Waals surface area contributed by atoms with E-state index in [4.69, 9.17) is 28.8 Å². The molecule has 54 heavy (non-hydrogen) atoms. The van der Waals surface area contributed by atoms with Crippen molar-refractivity contribution in [2.75, 3.05) is 45.9 Å². The van der Waals surface area contributed by atoms with Crippen LogP contribution in [-0.4, -0.2) is 87.8 Å². The first kappa shape index (κ1) is 42.3. The summed E-state index contributed by atoms with van der Waals surface area (Å²) in [5.74, 6) is 1.15. The molecule has 0 saturated heterocycles. The van der Waals surface area contributed by atoms with Gasteiger partial charge in [0.2, 0.25) is 9.84 Å². The summed E-state index contributed by atoms with van der Waals surface area (Å²) in [5.41, 5.74) is 2.32. The van der Waals surface area contributed by atoms with Crippen LogP contribution < -0.4 is 9.47 Å². The van der Waals surface area contributed by atoms with E-state index in [1.165, 1.54) is 23.9 Å². The third-order valence-electron chi connectivity index (χ3n) is 8.79. The highest BCUT2D eigenvalue weighted by Crippen LogP contribution is 2.38. The van der Waals surface area contributed by atoms with Gasteiger partial charge >= 0.3 is 11.9 Å². The van der Waals surface area contributed by atoms with E-state index in [9.17, 15) is 23.1 Å². The smallest absolute Gasteiger partial charge is 0.318 e. The van der Waals surface area contributed by atoms with Crippen molar-refractivity contribution in [3.05, 3.63) is 114 Å². The standard InChI is InChI=1S/C41H48O11S2/c1-29-5-17-37(18-6-29)54(46,47)38-19-15-36(16-20-38)52-35-13-9-32(10-14-35)41(3,31-7-11-34(48-4)12-8-31)22-21-39(44)50-25-23-49-24-26-51-40(45)30(2)53-28-33(43)27-42/h5-20,30,33,42-43H,21-28H2,1-4H3. The Kier molecular flexibility index (Phi) is 15.9. The summed E-state index contributed by atoms with van der Waals surface area (Å²) < 4.78 is 53.6. The lowest BCUT2D eigenvalue weighted by Gasteiger charge is -2.31. The summed E-state index contributed by atoms with van der Waals surface area (Å²) in [7, 11) is -2.06. The van der Waals surface area contributed by atoms with E-state index in [-0.39, 0.29) is 61.0 Å². The molecule has 0 aliphatic rings. The minimum Gasteiger partial charge on any atom is -0.497 e. The van der Waals surface area contributed by atoms with Crippen LogP contribution in [0.5, 0.6) is 17.2 Å². The van der Waals surface area contributed by atoms with Crippen LogP contribution in [0.15, 0.2) is 107 Å². The zero-order valence-corrected chi connectivity index (χ0v) is 32.6. The number of esters is 2. The molecule has 4 rings (SSSR count). The van der Waals surface area contributed by atoms with E-state index in [1.54, 1.807) is 50.4 Å². The normalized spacial score (nSPS) is 13.7. The number of ether oxygens (including phenoxy) is 5. The van der Waals surface area contributed by atoms with E-state index in [2.05, 4.69) is 6.92 Å². The van der Waals surface area contributed by atoms with Gasteiger partial charge in [-0.05, 0) is 92.1 Å². The van der Waals surface area contributed by atoms with Gasteiger partial charge in [0.25, 0.3) is 0 Å². The molecule has 2 N–H and O–H groups in total. The van der Waals surface area contributed by atoms with E-state index in [1.807, 2.05) is 55.5 Å². The number of rotatable bonds is 21. The van der Waals surface area contributed by atoms with Crippen molar-refractivity contribution in [3.8, 4) is 17.2 Å². The highest BCUT2D eigenvalue weighted by atomic mass is 32.2. The average Bonchev–Trinajstić information content (AvgIpc) is 3.19. The second-order valence-electron chi connectivity index (χ2n) is 12.8. The Morgan fingerprint density at radius 1 is 0.759 bits per heavy atom. The fourth-order valence-corrected chi connectivity index (χ4v) is 7.50. The van der Waals surface area contributed by atoms with Crippen LogP contribution in [0.25, 0.3) is 0 Å². The molecule has 0 amide bonds. The Bertz CT molecular complexity index is 1880. The molecule has 0 heterocycles. The maximum atomic E-state index is 13.1. The molecular weight excluding hydrogens is 733 g/mol. The number of methoxy groups -OCH3 is 1. The molecule has 0 bridgehead atoms. The first-order valence-corrected chi connectivity index (χ1v) is 20.0. The highest BCUT2D eigenvalue weighted by molar-refractivity contribution is 8.00. The largest absolute Gasteiger partial charge is 0.497 e. The number of aliphatic hydroxyl groups excluding tert-OH is 2. The predicted octanol–water partition coefficient (Wildman–Crippen LogP) is 6.29. The van der Waals surface area contributed by atoms with Crippen LogP contribution in [0.4, 0.5) is 0 Å². The summed E-state index contributed by atoms with van der Waals surface area (Å²) in [6, 6.07) is 28.3. The lowest BCUT2D eigenvalue weighted by molar-refractivity contribution is -0.146. The van der Waals surface area contributed by atoms with Crippen molar-refractivity contribution in [2.24, 2.45) is 0 Å². The van der Waals surface area contributed by atoms with Gasteiger partial charge < -0.3 is 33.9 Å². The third-order valence-corrected chi connectivity index (χ3v) is 11.8. The molecule has 4 aromatic rings. The van der Waals surface area contributed by atoms with Crippen LogP contribution in [0, 0.1) is 6.92 Å². The average molecular weight is 781 g/mol. The van der Waals surface area contributed by atoms with Gasteiger partial charge in [-0.2, -0.15) is 0 Å². The highest BCUT2D eigenvalue weighted by Gasteiger charge is 2.30. The first-order valence-electron chi connectivity index (χ1n) is 17.5. The van der Waals surface area contributed by atoms with Gasteiger partial charge in [0.1, 0.15) is 30.5 Å². The number of thioether (sulfide) groups is 1. The lowest BCUT2D eigenvalue weighted by atomic mass is 9.73. The second kappa shape index (κ2) is 20.3. The molecule has 0 saturated carbocycles. The van der Waals surface area contributed by atoms with Crippen LogP contribution in [0.3, 0.4) is 0 Å². The zero-order valence-electron chi connectivity index (χ0n) is 30.9. The number of carbonyl (C=O) groups is 2. The molecule has 3 atom stereocenters. The van der Waals surface area contributed by atoms with Crippen LogP contribution in [-0.2, 0) is 39.1 Å². The molecule has 0 radical (unpaired) electrons. The Morgan fingerprint density at radius 2 is 1.26 bits per heavy atom. The van der Waals surface area contributed by atoms with Gasteiger partial charge in [0.15, 0.2) is 0 Å². The molecule has 0 aliphatic carbocycles. The fourth-order valence-electron chi connectivity index (χ4n) is 5.42. The van der Waals surface area contributed by atoms with Crippen LogP contribution >= 0.6 is 11.8 Å². The van der Waals surface area contributed by atoms with Crippen LogP contribution in [0.1, 0.15) is 43.4 Å². The maximum Gasteiger partial charge on any atom is 0.318 e. The van der Waals surface area contributed by atoms with E-state index >= 15 is 0 Å². The van der Waals surface area contributed by atoms with E-state index in [0.717, 1.165) is 16.7 Å². The molecule has 0 fully saturated rings. The second-order valence-corrected chi connectivity index (χ2v) is 16.1. The summed E-state index contributed by atoms with van der Waals surface area (Å²) in [4.78, 5) is 25.3. The topological polar surface area (TPSA) is 155 Å². The van der Waals surface area contributed by atoms with Crippen molar-refractivity contribution in [3.63, 3.8) is 0 Å². The van der Waals surface area contributed by atoms with E-state index < -0.39 is 32.6 Å². The Labute approximate surface area is 321 Å². The summed E-state index contributed by atoms with van der Waals surface area (Å²) in [6.07, 6.45) is -0.312.